The highest BCUT2D eigenvalue weighted by molar-refractivity contribution is 5.96. The Bertz CT molecular complexity index is 458. The van der Waals surface area contributed by atoms with Crippen molar-refractivity contribution in [3.05, 3.63) is 28.8 Å². The summed E-state index contributed by atoms with van der Waals surface area (Å²) in [7, 11) is 3.45. The Morgan fingerprint density at radius 2 is 2.00 bits per heavy atom. The van der Waals surface area contributed by atoms with Crippen molar-refractivity contribution >= 4 is 5.91 Å². The highest BCUT2D eigenvalue weighted by Gasteiger charge is 2.17. The maximum atomic E-state index is 12.4. The quantitative estimate of drug-likeness (QED) is 0.884. The summed E-state index contributed by atoms with van der Waals surface area (Å²) in [6.07, 6.45) is 0. The predicted octanol–water partition coefficient (Wildman–Crippen LogP) is 1.98. The number of carbonyl (C=O) groups excluding carboxylic acids is 1. The number of amides is 1. The molecule has 0 spiro atoms. The van der Waals surface area contributed by atoms with Crippen LogP contribution in [0.3, 0.4) is 0 Å². The molecule has 0 aliphatic carbocycles. The molecule has 1 amide bonds. The second-order valence-corrected chi connectivity index (χ2v) is 5.16. The molecule has 0 bridgehead atoms. The van der Waals surface area contributed by atoms with Crippen molar-refractivity contribution < 1.29 is 9.53 Å². The second kappa shape index (κ2) is 6.57. The third-order valence-electron chi connectivity index (χ3n) is 3.31. The van der Waals surface area contributed by atoms with E-state index >= 15 is 0 Å². The lowest BCUT2D eigenvalue weighted by atomic mass is 10.0. The van der Waals surface area contributed by atoms with Gasteiger partial charge in [-0.15, -0.1) is 0 Å². The van der Waals surface area contributed by atoms with Gasteiger partial charge in [0.05, 0.1) is 7.11 Å². The highest BCUT2D eigenvalue weighted by Crippen LogP contribution is 2.23. The van der Waals surface area contributed by atoms with E-state index in [9.17, 15) is 4.79 Å². The average molecular weight is 264 g/mol. The van der Waals surface area contributed by atoms with Gasteiger partial charge in [-0.25, -0.2) is 0 Å². The van der Waals surface area contributed by atoms with Crippen LogP contribution < -0.4 is 10.5 Å². The van der Waals surface area contributed by atoms with Crippen molar-refractivity contribution in [2.24, 2.45) is 11.7 Å². The van der Waals surface area contributed by atoms with Gasteiger partial charge in [0, 0.05) is 19.2 Å². The normalized spacial score (nSPS) is 12.1. The van der Waals surface area contributed by atoms with Crippen LogP contribution in [-0.4, -0.2) is 38.1 Å². The third-order valence-corrected chi connectivity index (χ3v) is 3.31. The Balaban J connectivity index is 2.96. The summed E-state index contributed by atoms with van der Waals surface area (Å²) in [6, 6.07) is 3.79. The standard InChI is InChI=1S/C15H24N2O2/c1-10(8-16)9-17(4)15(18)13-6-12(3)14(19-5)7-11(13)2/h6-7,10H,8-9,16H2,1-5H3. The summed E-state index contributed by atoms with van der Waals surface area (Å²) < 4.78 is 5.26. The largest absolute Gasteiger partial charge is 0.496 e. The number of carbonyl (C=O) groups is 1. The molecule has 0 aliphatic heterocycles. The zero-order valence-corrected chi connectivity index (χ0v) is 12.5. The molecule has 2 N–H and O–H groups in total. The van der Waals surface area contributed by atoms with Gasteiger partial charge in [0.2, 0.25) is 0 Å². The maximum absolute atomic E-state index is 12.4. The number of nitrogens with zero attached hydrogens (tertiary/aromatic N) is 1. The van der Waals surface area contributed by atoms with Gasteiger partial charge in [-0.3, -0.25) is 4.79 Å². The van der Waals surface area contributed by atoms with Crippen LogP contribution in [0.15, 0.2) is 12.1 Å². The molecule has 19 heavy (non-hydrogen) atoms. The fourth-order valence-electron chi connectivity index (χ4n) is 2.07. The molecule has 1 rings (SSSR count). The Morgan fingerprint density at radius 3 is 2.53 bits per heavy atom. The third kappa shape index (κ3) is 3.70. The molecule has 0 radical (unpaired) electrons. The Hall–Kier alpha value is -1.55. The number of ether oxygens (including phenoxy) is 1. The zero-order chi connectivity index (χ0) is 14.6. The molecular weight excluding hydrogens is 240 g/mol. The summed E-state index contributed by atoms with van der Waals surface area (Å²) in [5, 5.41) is 0. The summed E-state index contributed by atoms with van der Waals surface area (Å²) in [4.78, 5) is 14.1. The van der Waals surface area contributed by atoms with Gasteiger partial charge in [-0.1, -0.05) is 6.92 Å². The first-order chi connectivity index (χ1) is 8.90. The van der Waals surface area contributed by atoms with Crippen LogP contribution in [0.2, 0.25) is 0 Å². The van der Waals surface area contributed by atoms with Crippen LogP contribution in [0, 0.1) is 19.8 Å². The Kier molecular flexibility index (Phi) is 5.36. The molecule has 0 aromatic heterocycles. The number of benzene rings is 1. The molecule has 0 fully saturated rings. The average Bonchev–Trinajstić information content (AvgIpc) is 2.39. The molecule has 4 nitrogen and oxygen atoms in total. The lowest BCUT2D eigenvalue weighted by Gasteiger charge is -2.22. The SMILES string of the molecule is COc1cc(C)c(C(=O)N(C)CC(C)CN)cc1C. The lowest BCUT2D eigenvalue weighted by Crippen LogP contribution is -2.33. The minimum atomic E-state index is 0.0311. The smallest absolute Gasteiger partial charge is 0.253 e. The van der Waals surface area contributed by atoms with E-state index in [2.05, 4.69) is 0 Å². The van der Waals surface area contributed by atoms with Crippen LogP contribution >= 0.6 is 0 Å². The number of methoxy groups -OCH3 is 1. The van der Waals surface area contributed by atoms with E-state index in [1.165, 1.54) is 0 Å². The molecule has 1 unspecified atom stereocenters. The lowest BCUT2D eigenvalue weighted by molar-refractivity contribution is 0.0776. The van der Waals surface area contributed by atoms with E-state index in [-0.39, 0.29) is 5.91 Å². The summed E-state index contributed by atoms with van der Waals surface area (Å²) >= 11 is 0. The molecule has 0 heterocycles. The molecule has 106 valence electrons. The second-order valence-electron chi connectivity index (χ2n) is 5.16. The minimum absolute atomic E-state index is 0.0311. The first kappa shape index (κ1) is 15.5. The van der Waals surface area contributed by atoms with E-state index in [1.807, 2.05) is 40.0 Å². The number of nitrogens with two attached hydrogens (primary N) is 1. The van der Waals surface area contributed by atoms with Gasteiger partial charge in [0.15, 0.2) is 0 Å². The first-order valence-corrected chi connectivity index (χ1v) is 6.51. The summed E-state index contributed by atoms with van der Waals surface area (Å²) in [5.41, 5.74) is 8.22. The Labute approximate surface area is 115 Å². The van der Waals surface area contributed by atoms with E-state index in [0.717, 1.165) is 22.4 Å². The van der Waals surface area contributed by atoms with E-state index < -0.39 is 0 Å². The number of aryl methyl sites for hydroxylation is 2. The predicted molar refractivity (Wildman–Crippen MR) is 77.6 cm³/mol. The van der Waals surface area contributed by atoms with Gasteiger partial charge in [0.25, 0.3) is 5.91 Å². The molecule has 1 aromatic carbocycles. The van der Waals surface area contributed by atoms with E-state index in [0.29, 0.717) is 19.0 Å². The van der Waals surface area contributed by atoms with Crippen molar-refractivity contribution in [2.45, 2.75) is 20.8 Å². The highest BCUT2D eigenvalue weighted by atomic mass is 16.5. The van der Waals surface area contributed by atoms with Gasteiger partial charge >= 0.3 is 0 Å². The van der Waals surface area contributed by atoms with Crippen LogP contribution in [0.25, 0.3) is 0 Å². The Morgan fingerprint density at radius 1 is 1.37 bits per heavy atom. The topological polar surface area (TPSA) is 55.6 Å². The molecule has 1 aromatic rings. The summed E-state index contributed by atoms with van der Waals surface area (Å²) in [5.74, 6) is 1.14. The molecule has 1 atom stereocenters. The first-order valence-electron chi connectivity index (χ1n) is 6.51. The zero-order valence-electron chi connectivity index (χ0n) is 12.5. The van der Waals surface area contributed by atoms with Gasteiger partial charge in [0.1, 0.15) is 5.75 Å². The van der Waals surface area contributed by atoms with Gasteiger partial charge in [-0.2, -0.15) is 0 Å². The van der Waals surface area contributed by atoms with Crippen molar-refractivity contribution in [1.29, 1.82) is 0 Å². The summed E-state index contributed by atoms with van der Waals surface area (Å²) in [6.45, 7) is 7.15. The van der Waals surface area contributed by atoms with E-state index in [4.69, 9.17) is 10.5 Å². The molecule has 0 saturated heterocycles. The maximum Gasteiger partial charge on any atom is 0.253 e. The number of hydrogen-bond donors (Lipinski definition) is 1. The van der Waals surface area contributed by atoms with Crippen molar-refractivity contribution in [2.75, 3.05) is 27.2 Å². The molecular formula is C15H24N2O2. The number of hydrogen-bond acceptors (Lipinski definition) is 3. The molecule has 0 aliphatic rings. The minimum Gasteiger partial charge on any atom is -0.496 e. The van der Waals surface area contributed by atoms with Crippen molar-refractivity contribution in [3.63, 3.8) is 0 Å². The van der Waals surface area contributed by atoms with Gasteiger partial charge < -0.3 is 15.4 Å². The van der Waals surface area contributed by atoms with Crippen molar-refractivity contribution in [1.82, 2.24) is 4.90 Å². The van der Waals surface area contributed by atoms with E-state index in [1.54, 1.807) is 12.0 Å². The number of rotatable bonds is 5. The molecule has 0 saturated carbocycles. The van der Waals surface area contributed by atoms with Crippen molar-refractivity contribution in [3.8, 4) is 5.75 Å². The van der Waals surface area contributed by atoms with Crippen LogP contribution in [-0.2, 0) is 0 Å². The molecule has 4 heteroatoms. The van der Waals surface area contributed by atoms with Crippen LogP contribution in [0.4, 0.5) is 0 Å². The monoisotopic (exact) mass is 264 g/mol. The van der Waals surface area contributed by atoms with Crippen LogP contribution in [0.5, 0.6) is 5.75 Å². The van der Waals surface area contributed by atoms with Gasteiger partial charge in [-0.05, 0) is 49.6 Å². The fourth-order valence-corrected chi connectivity index (χ4v) is 2.07. The van der Waals surface area contributed by atoms with Crippen LogP contribution in [0.1, 0.15) is 28.4 Å². The fraction of sp³-hybridized carbons (Fsp3) is 0.533.